The molecule has 0 bridgehead atoms. The Kier molecular flexibility index (Phi) is 6.94. The Hall–Kier alpha value is -3.94. The molecule has 0 atom stereocenters. The van der Waals surface area contributed by atoms with Crippen LogP contribution >= 0.6 is 22.7 Å². The van der Waals surface area contributed by atoms with Crippen LogP contribution in [0.2, 0.25) is 0 Å². The van der Waals surface area contributed by atoms with Crippen LogP contribution in [0.5, 0.6) is 0 Å². The number of thiophene rings is 2. The summed E-state index contributed by atoms with van der Waals surface area (Å²) in [6.45, 7) is 0.559. The Labute approximate surface area is 228 Å². The van der Waals surface area contributed by atoms with Crippen LogP contribution < -0.4 is 5.56 Å². The number of aryl methyl sites for hydroxylation is 3. The van der Waals surface area contributed by atoms with Crippen LogP contribution in [-0.4, -0.2) is 9.55 Å². The summed E-state index contributed by atoms with van der Waals surface area (Å²) < 4.78 is 2.59. The minimum absolute atomic E-state index is 0.0433. The van der Waals surface area contributed by atoms with E-state index in [1.54, 1.807) is 17.4 Å². The van der Waals surface area contributed by atoms with Gasteiger partial charge in [-0.15, -0.1) is 27.6 Å². The van der Waals surface area contributed by atoms with Gasteiger partial charge in [-0.2, -0.15) is 0 Å². The van der Waals surface area contributed by atoms with Crippen LogP contribution in [0.3, 0.4) is 0 Å². The van der Waals surface area contributed by atoms with E-state index in [-0.39, 0.29) is 5.56 Å². The van der Waals surface area contributed by atoms with E-state index in [9.17, 15) is 9.70 Å². The first-order valence-corrected chi connectivity index (χ1v) is 14.3. The lowest BCUT2D eigenvalue weighted by molar-refractivity contribution is 0.616. The first-order valence-electron chi connectivity index (χ1n) is 12.6. The standard InChI is InChI=1S/C31H25N3O2S2/c35-31-28-27-23(20-22-10-5-2-6-11-22)14-15-25(33-36)29(27)38-30(28)32-26(16-13-21-8-3-1-4-9-21)34(31)18-17-24-12-7-19-37-24/h1-12,14-15,19H,13,16-18,20H2. The topological polar surface area (TPSA) is 64.3 Å². The van der Waals surface area contributed by atoms with Crippen LogP contribution in [0, 0.1) is 4.91 Å². The summed E-state index contributed by atoms with van der Waals surface area (Å²) in [5.74, 6) is 0.777. The molecule has 5 nitrogen and oxygen atoms in total. The van der Waals surface area contributed by atoms with Crippen molar-refractivity contribution in [2.45, 2.75) is 32.2 Å². The third-order valence-corrected chi connectivity index (χ3v) is 8.91. The monoisotopic (exact) mass is 535 g/mol. The van der Waals surface area contributed by atoms with Gasteiger partial charge in [0.25, 0.3) is 5.56 Å². The zero-order valence-electron chi connectivity index (χ0n) is 20.7. The molecule has 0 unspecified atom stereocenters. The van der Waals surface area contributed by atoms with Crippen LogP contribution in [0.1, 0.15) is 27.4 Å². The van der Waals surface area contributed by atoms with Gasteiger partial charge < -0.3 is 0 Å². The van der Waals surface area contributed by atoms with Gasteiger partial charge in [0.2, 0.25) is 0 Å². The maximum atomic E-state index is 14.2. The molecule has 0 fully saturated rings. The highest BCUT2D eigenvalue weighted by Gasteiger charge is 2.21. The van der Waals surface area contributed by atoms with Gasteiger partial charge in [0.1, 0.15) is 16.3 Å². The summed E-state index contributed by atoms with van der Waals surface area (Å²) >= 11 is 3.10. The lowest BCUT2D eigenvalue weighted by Gasteiger charge is -2.13. The predicted molar refractivity (Wildman–Crippen MR) is 158 cm³/mol. The third-order valence-electron chi connectivity index (χ3n) is 6.86. The number of fused-ring (bicyclic) bond motifs is 3. The average Bonchev–Trinajstić information content (AvgIpc) is 3.61. The van der Waals surface area contributed by atoms with Gasteiger partial charge in [-0.25, -0.2) is 4.98 Å². The number of benzene rings is 3. The molecule has 0 saturated heterocycles. The Bertz CT molecular complexity index is 1770. The molecule has 6 aromatic rings. The van der Waals surface area contributed by atoms with E-state index in [2.05, 4.69) is 40.9 Å². The highest BCUT2D eigenvalue weighted by molar-refractivity contribution is 7.26. The zero-order chi connectivity index (χ0) is 25.9. The van der Waals surface area contributed by atoms with Gasteiger partial charge >= 0.3 is 0 Å². The molecule has 0 aliphatic heterocycles. The van der Waals surface area contributed by atoms with E-state index in [1.807, 2.05) is 53.1 Å². The second-order valence-corrected chi connectivity index (χ2v) is 11.3. The number of nitrogens with zero attached hydrogens (tertiary/aromatic N) is 3. The lowest BCUT2D eigenvalue weighted by Crippen LogP contribution is -2.26. The molecule has 6 rings (SSSR count). The number of aromatic nitrogens is 2. The molecule has 7 heteroatoms. The highest BCUT2D eigenvalue weighted by Crippen LogP contribution is 2.40. The van der Waals surface area contributed by atoms with Gasteiger partial charge in [-0.05, 0) is 58.6 Å². The van der Waals surface area contributed by atoms with Gasteiger partial charge in [-0.1, -0.05) is 72.8 Å². The normalized spacial score (nSPS) is 11.4. The molecule has 0 N–H and O–H groups in total. The molecular formula is C31H25N3O2S2. The lowest BCUT2D eigenvalue weighted by atomic mass is 9.99. The van der Waals surface area contributed by atoms with Gasteiger partial charge in [0.15, 0.2) is 0 Å². The minimum atomic E-state index is -0.0433. The van der Waals surface area contributed by atoms with Crippen molar-refractivity contribution >= 4 is 48.7 Å². The van der Waals surface area contributed by atoms with Crippen LogP contribution in [0.4, 0.5) is 5.69 Å². The van der Waals surface area contributed by atoms with Crippen molar-refractivity contribution < 1.29 is 0 Å². The van der Waals surface area contributed by atoms with E-state index < -0.39 is 0 Å². The largest absolute Gasteiger partial charge is 0.296 e. The summed E-state index contributed by atoms with van der Waals surface area (Å²) in [6, 6.07) is 28.3. The molecule has 0 spiro atoms. The summed E-state index contributed by atoms with van der Waals surface area (Å²) in [6.07, 6.45) is 2.88. The Morgan fingerprint density at radius 1 is 0.789 bits per heavy atom. The Balaban J connectivity index is 1.52. The van der Waals surface area contributed by atoms with E-state index in [4.69, 9.17) is 4.98 Å². The van der Waals surface area contributed by atoms with Crippen molar-refractivity contribution in [3.8, 4) is 0 Å². The molecule has 38 heavy (non-hydrogen) atoms. The second-order valence-electron chi connectivity index (χ2n) is 9.28. The molecule has 188 valence electrons. The van der Waals surface area contributed by atoms with Crippen molar-refractivity contribution in [3.05, 3.63) is 133 Å². The van der Waals surface area contributed by atoms with Gasteiger partial charge in [-0.3, -0.25) is 9.36 Å². The summed E-state index contributed by atoms with van der Waals surface area (Å²) in [7, 11) is 0. The van der Waals surface area contributed by atoms with E-state index in [0.29, 0.717) is 35.3 Å². The third kappa shape index (κ3) is 4.83. The van der Waals surface area contributed by atoms with Crippen molar-refractivity contribution in [2.75, 3.05) is 0 Å². The fourth-order valence-corrected chi connectivity index (χ4v) is 6.86. The smallest absolute Gasteiger partial charge is 0.262 e. The Morgan fingerprint density at radius 3 is 2.26 bits per heavy atom. The van der Waals surface area contributed by atoms with Crippen LogP contribution in [0.25, 0.3) is 20.3 Å². The SMILES string of the molecule is O=Nc1ccc(Cc2ccccc2)c2c1sc1nc(CCc3ccccc3)n(CCc3cccs3)c(=O)c12. The van der Waals surface area contributed by atoms with Gasteiger partial charge in [0, 0.05) is 23.2 Å². The molecule has 0 aliphatic rings. The molecular weight excluding hydrogens is 510 g/mol. The van der Waals surface area contributed by atoms with E-state index in [0.717, 1.165) is 39.9 Å². The first kappa shape index (κ1) is 24.4. The number of rotatable bonds is 9. The molecule has 0 amide bonds. The fourth-order valence-electron chi connectivity index (χ4n) is 4.99. The summed E-state index contributed by atoms with van der Waals surface area (Å²) in [5, 5.41) is 6.75. The summed E-state index contributed by atoms with van der Waals surface area (Å²) in [4.78, 5) is 32.9. The molecule has 0 aliphatic carbocycles. The van der Waals surface area contributed by atoms with E-state index >= 15 is 0 Å². The van der Waals surface area contributed by atoms with Crippen LogP contribution in [-0.2, 0) is 32.2 Å². The van der Waals surface area contributed by atoms with Crippen molar-refractivity contribution in [1.29, 1.82) is 0 Å². The fraction of sp³-hybridized carbons (Fsp3) is 0.161. The maximum absolute atomic E-state index is 14.2. The quantitative estimate of drug-likeness (QED) is 0.178. The number of hydrogen-bond acceptors (Lipinski definition) is 6. The first-order chi connectivity index (χ1) is 18.7. The number of hydrogen-bond donors (Lipinski definition) is 0. The highest BCUT2D eigenvalue weighted by atomic mass is 32.1. The van der Waals surface area contributed by atoms with Crippen molar-refractivity contribution in [3.63, 3.8) is 0 Å². The molecule has 3 aromatic carbocycles. The van der Waals surface area contributed by atoms with Gasteiger partial charge in [0.05, 0.1) is 10.1 Å². The molecule has 3 aromatic heterocycles. The van der Waals surface area contributed by atoms with Crippen molar-refractivity contribution in [2.24, 2.45) is 5.18 Å². The molecule has 3 heterocycles. The predicted octanol–water partition coefficient (Wildman–Crippen LogP) is 7.69. The zero-order valence-corrected chi connectivity index (χ0v) is 22.3. The Morgan fingerprint density at radius 2 is 1.55 bits per heavy atom. The van der Waals surface area contributed by atoms with E-state index in [1.165, 1.54) is 21.8 Å². The molecule has 0 saturated carbocycles. The summed E-state index contributed by atoms with van der Waals surface area (Å²) in [5.41, 5.74) is 3.67. The maximum Gasteiger partial charge on any atom is 0.262 e. The van der Waals surface area contributed by atoms with Crippen LogP contribution in [0.15, 0.2) is 100 Å². The number of nitroso groups, excluding NO2 is 1. The van der Waals surface area contributed by atoms with Crippen molar-refractivity contribution in [1.82, 2.24) is 9.55 Å². The molecule has 0 radical (unpaired) electrons. The minimum Gasteiger partial charge on any atom is -0.296 e. The second kappa shape index (κ2) is 10.8. The average molecular weight is 536 g/mol.